The molecule has 0 spiro atoms. The Kier molecular flexibility index (Phi) is 15.8. The van der Waals surface area contributed by atoms with Crippen LogP contribution in [-0.4, -0.2) is 48.0 Å². The Morgan fingerprint density at radius 2 is 1.60 bits per heavy atom. The van der Waals surface area contributed by atoms with Crippen molar-refractivity contribution in [2.75, 3.05) is 7.11 Å². The highest BCUT2D eigenvalue weighted by molar-refractivity contribution is 6.74. The maximum atomic E-state index is 11.5. The molecule has 40 heavy (non-hydrogen) atoms. The van der Waals surface area contributed by atoms with Gasteiger partial charge in [0.25, 0.3) is 0 Å². The van der Waals surface area contributed by atoms with Crippen LogP contribution >= 0.6 is 0 Å². The topological polar surface area (TPSA) is 54.0 Å². The fourth-order valence-corrected chi connectivity index (χ4v) is 12.5. The predicted molar refractivity (Wildman–Crippen MR) is 172 cm³/mol. The van der Waals surface area contributed by atoms with Crippen LogP contribution in [0.15, 0.2) is 24.0 Å². The van der Waals surface area contributed by atoms with Crippen molar-refractivity contribution in [1.29, 1.82) is 0 Å². The number of hydrogen-bond donors (Lipinski definition) is 0. The number of fused-ring (bicyclic) bond motifs is 1. The zero-order chi connectivity index (χ0) is 29.6. The summed E-state index contributed by atoms with van der Waals surface area (Å²) >= 11 is 0. The van der Waals surface area contributed by atoms with E-state index in [1.54, 1.807) is 0 Å². The molecule has 1 heterocycles. The molecule has 2 rings (SSSR count). The van der Waals surface area contributed by atoms with E-state index in [0.29, 0.717) is 18.3 Å². The lowest BCUT2D eigenvalue weighted by Gasteiger charge is -2.35. The van der Waals surface area contributed by atoms with Crippen molar-refractivity contribution in [3.8, 4) is 0 Å². The summed E-state index contributed by atoms with van der Waals surface area (Å²) in [5.74, 6) is 1.78. The Morgan fingerprint density at radius 3 is 2.17 bits per heavy atom. The van der Waals surface area contributed by atoms with Crippen LogP contribution in [0, 0.1) is 11.8 Å². The normalized spacial score (nSPS) is 24.9. The number of carbonyl (C=O) groups excluding carboxylic acids is 1. The van der Waals surface area contributed by atoms with E-state index in [9.17, 15) is 4.79 Å². The zero-order valence-corrected chi connectivity index (χ0v) is 29.3. The number of ether oxygens (including phenoxy) is 2. The Morgan fingerprint density at radius 1 is 0.950 bits per heavy atom. The number of unbranched alkanes of at least 4 members (excludes halogenated alkanes) is 3. The molecule has 7 heteroatoms. The van der Waals surface area contributed by atoms with Crippen LogP contribution in [0.1, 0.15) is 106 Å². The number of carbonyl (C=O) groups is 1. The second kappa shape index (κ2) is 17.9. The van der Waals surface area contributed by atoms with E-state index in [1.807, 2.05) is 0 Å². The number of methoxy groups -OCH3 is 1. The van der Waals surface area contributed by atoms with Crippen LogP contribution in [0.4, 0.5) is 0 Å². The lowest BCUT2D eigenvalue weighted by Crippen LogP contribution is -2.41. The van der Waals surface area contributed by atoms with Gasteiger partial charge in [-0.05, 0) is 61.6 Å². The maximum absolute atomic E-state index is 11.5. The van der Waals surface area contributed by atoms with Crippen molar-refractivity contribution in [2.45, 2.75) is 161 Å². The molecule has 0 bridgehead atoms. The van der Waals surface area contributed by atoms with Crippen LogP contribution in [0.3, 0.4) is 0 Å². The van der Waals surface area contributed by atoms with Crippen molar-refractivity contribution in [1.82, 2.24) is 0 Å². The van der Waals surface area contributed by atoms with Crippen molar-refractivity contribution in [3.05, 3.63) is 24.0 Å². The third kappa shape index (κ3) is 9.84. The molecule has 5 atom stereocenters. The molecule has 0 N–H and O–H groups in total. The van der Waals surface area contributed by atoms with E-state index in [1.165, 1.54) is 62.6 Å². The molecule has 0 aromatic carbocycles. The standard InChI is InChI=1S/C33H62O5Si2/c1-9-16-17-20-27(37-39(10-2,11-3)12-4)23-24-29-30-25-28(21-18-19-22-33(34)35-8)36-31(30)26-32(29)38-40(13-5,14-6)15-7/h21,23-24,27,29-32H,9-20,22,25-26H2,1-8H3/b24-23+,28-21-/t27-,29+,30+,31-,32+/m0/s1. The van der Waals surface area contributed by atoms with E-state index in [2.05, 4.69) is 66.7 Å². The number of allylic oxidation sites excluding steroid dienone is 2. The minimum atomic E-state index is -1.74. The Labute approximate surface area is 249 Å². The zero-order valence-electron chi connectivity index (χ0n) is 27.3. The minimum absolute atomic E-state index is 0.139. The van der Waals surface area contributed by atoms with Gasteiger partial charge < -0.3 is 18.3 Å². The average molecular weight is 595 g/mol. The molecule has 0 radical (unpaired) electrons. The minimum Gasteiger partial charge on any atom is -0.495 e. The summed E-state index contributed by atoms with van der Waals surface area (Å²) in [7, 11) is -1.98. The highest BCUT2D eigenvalue weighted by Gasteiger charge is 2.50. The first kappa shape index (κ1) is 35.3. The molecule has 1 saturated carbocycles. The number of esters is 1. The molecule has 5 nitrogen and oxygen atoms in total. The van der Waals surface area contributed by atoms with Crippen LogP contribution < -0.4 is 0 Å². The second-order valence-corrected chi connectivity index (χ2v) is 21.6. The summed E-state index contributed by atoms with van der Waals surface area (Å²) in [4.78, 5) is 11.5. The largest absolute Gasteiger partial charge is 0.495 e. The van der Waals surface area contributed by atoms with Gasteiger partial charge in [0.15, 0.2) is 16.6 Å². The Bertz CT molecular complexity index is 773. The molecule has 0 aromatic rings. The van der Waals surface area contributed by atoms with Gasteiger partial charge in [-0.25, -0.2) is 0 Å². The van der Waals surface area contributed by atoms with Crippen LogP contribution in [0.25, 0.3) is 0 Å². The van der Waals surface area contributed by atoms with Gasteiger partial charge in [-0.1, -0.05) is 79.9 Å². The lowest BCUT2D eigenvalue weighted by atomic mass is 9.90. The Balaban J connectivity index is 2.26. The molecule has 232 valence electrons. The van der Waals surface area contributed by atoms with Gasteiger partial charge in [0, 0.05) is 31.1 Å². The van der Waals surface area contributed by atoms with Crippen LogP contribution in [0.2, 0.25) is 36.3 Å². The van der Waals surface area contributed by atoms with Gasteiger partial charge in [0.05, 0.1) is 25.1 Å². The molecule has 0 aromatic heterocycles. The first-order valence-corrected chi connectivity index (χ1v) is 21.8. The van der Waals surface area contributed by atoms with Gasteiger partial charge in [0.2, 0.25) is 0 Å². The third-order valence-corrected chi connectivity index (χ3v) is 19.4. The number of rotatable bonds is 20. The van der Waals surface area contributed by atoms with E-state index in [-0.39, 0.29) is 24.3 Å². The number of hydrogen-bond acceptors (Lipinski definition) is 5. The summed E-state index contributed by atoms with van der Waals surface area (Å²) in [5.41, 5.74) is 0. The molecule has 0 amide bonds. The third-order valence-electron chi connectivity index (χ3n) is 10.1. The van der Waals surface area contributed by atoms with Gasteiger partial charge in [-0.15, -0.1) is 0 Å². The van der Waals surface area contributed by atoms with E-state index in [0.717, 1.165) is 37.9 Å². The van der Waals surface area contributed by atoms with Crippen molar-refractivity contribution < 1.29 is 23.1 Å². The molecule has 0 unspecified atom stereocenters. The van der Waals surface area contributed by atoms with Crippen LogP contribution in [0.5, 0.6) is 0 Å². The van der Waals surface area contributed by atoms with E-state index in [4.69, 9.17) is 18.3 Å². The van der Waals surface area contributed by atoms with E-state index < -0.39 is 16.6 Å². The highest BCUT2D eigenvalue weighted by Crippen LogP contribution is 2.48. The second-order valence-electron chi connectivity index (χ2n) is 12.2. The lowest BCUT2D eigenvalue weighted by molar-refractivity contribution is -0.140. The first-order valence-electron chi connectivity index (χ1n) is 16.7. The quantitative estimate of drug-likeness (QED) is 0.0608. The van der Waals surface area contributed by atoms with Crippen molar-refractivity contribution >= 4 is 22.6 Å². The molecule has 1 saturated heterocycles. The van der Waals surface area contributed by atoms with E-state index >= 15 is 0 Å². The molecule has 2 aliphatic rings. The summed E-state index contributed by atoms with van der Waals surface area (Å²) in [6.07, 6.45) is 16.7. The van der Waals surface area contributed by atoms with Gasteiger partial charge in [-0.3, -0.25) is 4.79 Å². The van der Waals surface area contributed by atoms with Gasteiger partial charge in [0.1, 0.15) is 6.10 Å². The molecule has 1 aliphatic carbocycles. The molecular weight excluding hydrogens is 533 g/mol. The molecule has 1 aliphatic heterocycles. The summed E-state index contributed by atoms with van der Waals surface area (Å²) in [6.45, 7) is 16.3. The van der Waals surface area contributed by atoms with Crippen molar-refractivity contribution in [3.63, 3.8) is 0 Å². The fraction of sp³-hybridized carbons (Fsp3) is 0.848. The summed E-state index contributed by atoms with van der Waals surface area (Å²) in [5, 5.41) is 0. The van der Waals surface area contributed by atoms with Gasteiger partial charge >= 0.3 is 5.97 Å². The monoisotopic (exact) mass is 594 g/mol. The maximum Gasteiger partial charge on any atom is 0.305 e. The molecule has 2 fully saturated rings. The first-order chi connectivity index (χ1) is 19.3. The SMILES string of the molecule is CCCCC[C@@H](/C=C/[C@@H]1[C@H]2C/C(=C/CCCC(=O)OC)O[C@H]2C[C@H]1O[Si](CC)(CC)CC)O[Si](CC)(CC)CC. The highest BCUT2D eigenvalue weighted by atomic mass is 28.4. The fourth-order valence-electron chi connectivity index (χ4n) is 6.78. The van der Waals surface area contributed by atoms with Gasteiger partial charge in [-0.2, -0.15) is 0 Å². The Hall–Kier alpha value is -0.896. The summed E-state index contributed by atoms with van der Waals surface area (Å²) in [6, 6.07) is 7.09. The summed E-state index contributed by atoms with van der Waals surface area (Å²) < 4.78 is 25.5. The van der Waals surface area contributed by atoms with Crippen molar-refractivity contribution in [2.24, 2.45) is 11.8 Å². The smallest absolute Gasteiger partial charge is 0.305 e. The average Bonchev–Trinajstić information content (AvgIpc) is 3.52. The molecular formula is C33H62O5Si2. The predicted octanol–water partition coefficient (Wildman–Crippen LogP) is 9.56. The van der Waals surface area contributed by atoms with Crippen LogP contribution in [-0.2, 0) is 23.1 Å².